The number of rotatable bonds is 0. The number of aliphatic hydroxyl groups excluding tert-OH is 1. The molecule has 2 fully saturated rings. The quantitative estimate of drug-likeness (QED) is 0.658. The number of carbonyl (C=O) groups is 1. The molecule has 7 atom stereocenters. The lowest BCUT2D eigenvalue weighted by molar-refractivity contribution is -0.129. The Morgan fingerprint density at radius 2 is 2.04 bits per heavy atom. The van der Waals surface area contributed by atoms with E-state index in [2.05, 4.69) is 38.7 Å². The second-order valence-electron chi connectivity index (χ2n) is 9.10. The van der Waals surface area contributed by atoms with Crippen LogP contribution < -0.4 is 0 Å². The molecule has 0 aromatic rings. The molecule has 0 saturated heterocycles. The van der Waals surface area contributed by atoms with Crippen molar-refractivity contribution >= 4 is 5.78 Å². The maximum atomic E-state index is 11.9. The van der Waals surface area contributed by atoms with Gasteiger partial charge >= 0.3 is 0 Å². The number of aliphatic hydroxyl groups is 2. The number of ketones is 1. The van der Waals surface area contributed by atoms with Crippen LogP contribution in [0.5, 0.6) is 0 Å². The average Bonchev–Trinajstić information content (AvgIpc) is 2.80. The van der Waals surface area contributed by atoms with Crippen molar-refractivity contribution in [2.45, 2.75) is 58.7 Å². The van der Waals surface area contributed by atoms with Gasteiger partial charge in [-0.15, -0.1) is 5.92 Å². The molecule has 2 saturated carbocycles. The van der Waals surface area contributed by atoms with Crippen LogP contribution in [0, 0.1) is 40.4 Å². The molecule has 0 unspecified atom stereocenters. The predicted octanol–water partition coefficient (Wildman–Crippen LogP) is 3.19. The first-order valence-electron chi connectivity index (χ1n) is 9.65. The summed E-state index contributed by atoms with van der Waals surface area (Å²) in [6, 6.07) is 0. The summed E-state index contributed by atoms with van der Waals surface area (Å²) >= 11 is 0. The highest BCUT2D eigenvalue weighted by molar-refractivity contribution is 6.01. The Labute approximate surface area is 155 Å². The third kappa shape index (κ3) is 2.06. The molecule has 0 heterocycles. The van der Waals surface area contributed by atoms with E-state index in [1.54, 1.807) is 19.1 Å². The zero-order valence-corrected chi connectivity index (χ0v) is 16.0. The first kappa shape index (κ1) is 17.8. The van der Waals surface area contributed by atoms with Gasteiger partial charge in [-0.25, -0.2) is 0 Å². The minimum absolute atomic E-state index is 0.0206. The first-order chi connectivity index (χ1) is 12.2. The van der Waals surface area contributed by atoms with Crippen LogP contribution in [0.1, 0.15) is 47.0 Å². The molecule has 4 aliphatic carbocycles. The van der Waals surface area contributed by atoms with Crippen LogP contribution in [-0.2, 0) is 4.79 Å². The van der Waals surface area contributed by atoms with E-state index < -0.39 is 17.1 Å². The van der Waals surface area contributed by atoms with Gasteiger partial charge in [0.1, 0.15) is 5.60 Å². The number of fused-ring (bicyclic) bond motifs is 5. The molecule has 0 amide bonds. The normalized spacial score (nSPS) is 49.2. The van der Waals surface area contributed by atoms with Crippen LogP contribution in [0.15, 0.2) is 35.5 Å². The zero-order chi connectivity index (χ0) is 18.9. The monoisotopic (exact) mass is 352 g/mol. The van der Waals surface area contributed by atoms with E-state index in [1.165, 1.54) is 0 Å². The van der Waals surface area contributed by atoms with E-state index >= 15 is 0 Å². The van der Waals surface area contributed by atoms with Gasteiger partial charge in [-0.2, -0.15) is 0 Å². The summed E-state index contributed by atoms with van der Waals surface area (Å²) in [5, 5.41) is 22.5. The smallest absolute Gasteiger partial charge is 0.178 e. The van der Waals surface area contributed by atoms with E-state index in [0.29, 0.717) is 12.8 Å². The van der Waals surface area contributed by atoms with Gasteiger partial charge in [0.05, 0.1) is 6.10 Å². The maximum absolute atomic E-state index is 11.9. The molecular formula is C23H28O3. The number of carbonyl (C=O) groups excluding carboxylic acids is 1. The van der Waals surface area contributed by atoms with Crippen molar-refractivity contribution in [1.82, 2.24) is 0 Å². The second kappa shape index (κ2) is 5.44. The minimum atomic E-state index is -1.03. The summed E-state index contributed by atoms with van der Waals surface area (Å²) in [6.07, 6.45) is 9.20. The average molecular weight is 352 g/mol. The lowest BCUT2D eigenvalue weighted by Gasteiger charge is -2.58. The van der Waals surface area contributed by atoms with Crippen LogP contribution in [0.3, 0.4) is 0 Å². The zero-order valence-electron chi connectivity index (χ0n) is 16.0. The summed E-state index contributed by atoms with van der Waals surface area (Å²) < 4.78 is 0. The minimum Gasteiger partial charge on any atom is -0.393 e. The summed E-state index contributed by atoms with van der Waals surface area (Å²) in [6.45, 7) is 8.09. The molecular weight excluding hydrogens is 324 g/mol. The van der Waals surface area contributed by atoms with Crippen molar-refractivity contribution in [2.75, 3.05) is 0 Å². The highest BCUT2D eigenvalue weighted by atomic mass is 16.3. The van der Waals surface area contributed by atoms with Crippen molar-refractivity contribution in [3.63, 3.8) is 0 Å². The Bertz CT molecular complexity index is 822. The fraction of sp³-hybridized carbons (Fsp3) is 0.609. The van der Waals surface area contributed by atoms with Crippen molar-refractivity contribution in [2.24, 2.45) is 28.6 Å². The third-order valence-electron chi connectivity index (χ3n) is 7.86. The summed E-state index contributed by atoms with van der Waals surface area (Å²) in [7, 11) is 0. The second-order valence-corrected chi connectivity index (χ2v) is 9.10. The molecule has 3 nitrogen and oxygen atoms in total. The number of allylic oxidation sites excluding steroid dienone is 6. The van der Waals surface area contributed by atoms with Crippen LogP contribution in [0.4, 0.5) is 0 Å². The summed E-state index contributed by atoms with van der Waals surface area (Å²) in [4.78, 5) is 11.9. The van der Waals surface area contributed by atoms with Gasteiger partial charge in [0, 0.05) is 16.7 Å². The third-order valence-corrected chi connectivity index (χ3v) is 7.86. The van der Waals surface area contributed by atoms with E-state index in [4.69, 9.17) is 0 Å². The van der Waals surface area contributed by atoms with Gasteiger partial charge in [0.2, 0.25) is 0 Å². The largest absolute Gasteiger partial charge is 0.393 e. The van der Waals surface area contributed by atoms with Crippen molar-refractivity contribution < 1.29 is 15.0 Å². The van der Waals surface area contributed by atoms with Gasteiger partial charge in [0.15, 0.2) is 5.78 Å². The molecule has 138 valence electrons. The van der Waals surface area contributed by atoms with Crippen LogP contribution in [-0.4, -0.2) is 27.7 Å². The van der Waals surface area contributed by atoms with Crippen LogP contribution in [0.25, 0.3) is 0 Å². The molecule has 3 heteroatoms. The Balaban J connectivity index is 1.86. The fourth-order valence-corrected chi connectivity index (χ4v) is 6.61. The molecule has 26 heavy (non-hydrogen) atoms. The molecule has 4 rings (SSSR count). The van der Waals surface area contributed by atoms with E-state index in [-0.39, 0.29) is 29.0 Å². The van der Waals surface area contributed by atoms with Gasteiger partial charge in [-0.1, -0.05) is 37.5 Å². The predicted molar refractivity (Wildman–Crippen MR) is 101 cm³/mol. The molecule has 0 aliphatic heterocycles. The van der Waals surface area contributed by atoms with Crippen LogP contribution >= 0.6 is 0 Å². The molecule has 0 bridgehead atoms. The van der Waals surface area contributed by atoms with E-state index in [0.717, 1.165) is 17.6 Å². The van der Waals surface area contributed by atoms with Gasteiger partial charge < -0.3 is 10.2 Å². The summed E-state index contributed by atoms with van der Waals surface area (Å²) in [5.74, 6) is 6.47. The topological polar surface area (TPSA) is 57.5 Å². The molecule has 0 aromatic carbocycles. The molecule has 2 N–H and O–H groups in total. The van der Waals surface area contributed by atoms with Crippen LogP contribution in [0.2, 0.25) is 0 Å². The lowest BCUT2D eigenvalue weighted by atomic mass is 9.47. The SMILES string of the molecule is CC#C[C@]1(O)CC[C@H]2[C@@H]3C=C(C)C4=CC(=O)C=C[C@]4(C)[C@H]3[C@@H](O)C[C@@]21C. The Morgan fingerprint density at radius 1 is 1.31 bits per heavy atom. The Hall–Kier alpha value is -1.63. The van der Waals surface area contributed by atoms with Gasteiger partial charge in [-0.05, 0) is 62.7 Å². The number of hydrogen-bond donors (Lipinski definition) is 2. The van der Waals surface area contributed by atoms with Crippen molar-refractivity contribution in [3.05, 3.63) is 35.5 Å². The summed E-state index contributed by atoms with van der Waals surface area (Å²) in [5.41, 5.74) is 0.375. The lowest BCUT2D eigenvalue weighted by Crippen LogP contribution is -2.58. The van der Waals surface area contributed by atoms with E-state index in [1.807, 2.05) is 6.08 Å². The van der Waals surface area contributed by atoms with E-state index in [9.17, 15) is 15.0 Å². The Kier molecular flexibility index (Phi) is 3.72. The van der Waals surface area contributed by atoms with Crippen molar-refractivity contribution in [3.8, 4) is 11.8 Å². The molecule has 4 aliphatic rings. The fourth-order valence-electron chi connectivity index (χ4n) is 6.61. The highest BCUT2D eigenvalue weighted by Crippen LogP contribution is 2.66. The molecule has 0 radical (unpaired) electrons. The van der Waals surface area contributed by atoms with Gasteiger partial charge in [-0.3, -0.25) is 4.79 Å². The van der Waals surface area contributed by atoms with Gasteiger partial charge in [0.25, 0.3) is 0 Å². The first-order valence-corrected chi connectivity index (χ1v) is 9.65. The maximum Gasteiger partial charge on any atom is 0.178 e. The molecule has 0 spiro atoms. The van der Waals surface area contributed by atoms with Crippen molar-refractivity contribution in [1.29, 1.82) is 0 Å². The number of hydrogen-bond acceptors (Lipinski definition) is 3. The Morgan fingerprint density at radius 3 is 2.73 bits per heavy atom. The standard InChI is InChI=1S/C23H28O3/c1-5-8-23(26)10-7-17-16-11-14(2)18-12-15(24)6-9-21(18,3)20(16)19(25)13-22(17,23)4/h6,9,11-12,16-17,19-20,25-26H,7,10,13H2,1-4H3/t16-,17-,19-,20+,21-,22-,23-/m0/s1. The highest BCUT2D eigenvalue weighted by Gasteiger charge is 2.65. The molecule has 0 aromatic heterocycles.